The number of carbonyl (C=O) groups excluding carboxylic acids is 1. The standard InChI is InChI=1S/C23H32N4O3/c1-4-27-22(28)20-8-6-5-7-19(20)21(24-27)23(29)26-11-9-18(10-12-26)15-25-13-16(2)30-17(3)14-25/h5-8,16-18H,4,9-15H2,1-3H3. The van der Waals surface area contributed by atoms with E-state index < -0.39 is 0 Å². The normalized spacial score (nSPS) is 23.8. The number of likely N-dealkylation sites (tertiary alicyclic amines) is 1. The van der Waals surface area contributed by atoms with Gasteiger partial charge in [-0.2, -0.15) is 5.10 Å². The second kappa shape index (κ2) is 8.86. The molecule has 0 N–H and O–H groups in total. The Morgan fingerprint density at radius 1 is 1.10 bits per heavy atom. The first-order chi connectivity index (χ1) is 14.5. The Hall–Kier alpha value is -2.25. The zero-order chi connectivity index (χ0) is 21.3. The molecule has 2 fully saturated rings. The lowest BCUT2D eigenvalue weighted by atomic mass is 9.95. The van der Waals surface area contributed by atoms with Gasteiger partial charge in [-0.1, -0.05) is 18.2 Å². The number of carbonyl (C=O) groups is 1. The molecule has 2 atom stereocenters. The Labute approximate surface area is 177 Å². The van der Waals surface area contributed by atoms with Crippen molar-refractivity contribution >= 4 is 16.7 Å². The van der Waals surface area contributed by atoms with E-state index in [4.69, 9.17) is 4.74 Å². The summed E-state index contributed by atoms with van der Waals surface area (Å²) in [6.45, 7) is 11.1. The molecule has 2 unspecified atom stereocenters. The van der Waals surface area contributed by atoms with Crippen LogP contribution in [0.4, 0.5) is 0 Å². The first kappa shape index (κ1) is 21.0. The molecule has 162 valence electrons. The summed E-state index contributed by atoms with van der Waals surface area (Å²) in [5.41, 5.74) is 0.249. The largest absolute Gasteiger partial charge is 0.373 e. The van der Waals surface area contributed by atoms with E-state index in [9.17, 15) is 9.59 Å². The van der Waals surface area contributed by atoms with Crippen LogP contribution in [0, 0.1) is 5.92 Å². The van der Waals surface area contributed by atoms with E-state index in [0.717, 1.165) is 45.6 Å². The van der Waals surface area contributed by atoms with Gasteiger partial charge in [0.15, 0.2) is 5.69 Å². The molecule has 1 amide bonds. The molecular formula is C23H32N4O3. The van der Waals surface area contributed by atoms with E-state index in [-0.39, 0.29) is 23.7 Å². The van der Waals surface area contributed by atoms with Crippen molar-refractivity contribution in [1.82, 2.24) is 19.6 Å². The zero-order valence-corrected chi connectivity index (χ0v) is 18.2. The highest BCUT2D eigenvalue weighted by atomic mass is 16.5. The zero-order valence-electron chi connectivity index (χ0n) is 18.2. The number of morpholine rings is 1. The highest BCUT2D eigenvalue weighted by Crippen LogP contribution is 2.23. The highest BCUT2D eigenvalue weighted by molar-refractivity contribution is 6.04. The van der Waals surface area contributed by atoms with Crippen LogP contribution in [0.5, 0.6) is 0 Å². The molecule has 0 aliphatic carbocycles. The Balaban J connectivity index is 1.45. The van der Waals surface area contributed by atoms with Gasteiger partial charge in [0, 0.05) is 44.7 Å². The number of amides is 1. The molecule has 2 aromatic rings. The van der Waals surface area contributed by atoms with Gasteiger partial charge >= 0.3 is 0 Å². The number of hydrogen-bond donors (Lipinski definition) is 0. The first-order valence-corrected chi connectivity index (χ1v) is 11.1. The summed E-state index contributed by atoms with van der Waals surface area (Å²) in [5.74, 6) is 0.529. The van der Waals surface area contributed by atoms with Crippen molar-refractivity contribution in [3.05, 3.63) is 40.3 Å². The number of nitrogens with zero attached hydrogens (tertiary/aromatic N) is 4. The van der Waals surface area contributed by atoms with Crippen LogP contribution >= 0.6 is 0 Å². The van der Waals surface area contributed by atoms with E-state index in [2.05, 4.69) is 23.8 Å². The molecule has 2 aliphatic heterocycles. The molecule has 0 saturated carbocycles. The number of hydrogen-bond acceptors (Lipinski definition) is 5. The summed E-state index contributed by atoms with van der Waals surface area (Å²) in [5, 5.41) is 5.62. The molecule has 3 heterocycles. The molecule has 7 heteroatoms. The Morgan fingerprint density at radius 2 is 1.73 bits per heavy atom. The number of piperidine rings is 1. The number of ether oxygens (including phenoxy) is 1. The van der Waals surface area contributed by atoms with Crippen LogP contribution in [0.2, 0.25) is 0 Å². The predicted molar refractivity (Wildman–Crippen MR) is 117 cm³/mol. The molecular weight excluding hydrogens is 380 g/mol. The van der Waals surface area contributed by atoms with E-state index in [1.165, 1.54) is 4.68 Å². The number of benzene rings is 1. The predicted octanol–water partition coefficient (Wildman–Crippen LogP) is 2.38. The average molecular weight is 413 g/mol. The Morgan fingerprint density at radius 3 is 2.37 bits per heavy atom. The quantitative estimate of drug-likeness (QED) is 0.771. The SMILES string of the molecule is CCn1nc(C(=O)N2CCC(CN3CC(C)OC(C)C3)CC2)c2ccccc2c1=O. The second-order valence-corrected chi connectivity index (χ2v) is 8.73. The molecule has 0 spiro atoms. The fourth-order valence-electron chi connectivity index (χ4n) is 4.87. The maximum Gasteiger partial charge on any atom is 0.274 e. The highest BCUT2D eigenvalue weighted by Gasteiger charge is 2.29. The number of aromatic nitrogens is 2. The minimum atomic E-state index is -0.141. The molecule has 4 rings (SSSR count). The maximum absolute atomic E-state index is 13.3. The minimum absolute atomic E-state index is 0.0690. The smallest absolute Gasteiger partial charge is 0.274 e. The van der Waals surface area contributed by atoms with Gasteiger partial charge in [0.1, 0.15) is 0 Å². The lowest BCUT2D eigenvalue weighted by Gasteiger charge is -2.39. The topological polar surface area (TPSA) is 67.7 Å². The van der Waals surface area contributed by atoms with Crippen molar-refractivity contribution in [3.8, 4) is 0 Å². The van der Waals surface area contributed by atoms with Gasteiger partial charge in [-0.15, -0.1) is 0 Å². The first-order valence-electron chi connectivity index (χ1n) is 11.1. The molecule has 1 aromatic carbocycles. The van der Waals surface area contributed by atoms with Gasteiger partial charge in [0.25, 0.3) is 11.5 Å². The lowest BCUT2D eigenvalue weighted by molar-refractivity contribution is -0.0728. The third kappa shape index (κ3) is 4.27. The van der Waals surface area contributed by atoms with Crippen molar-refractivity contribution in [2.24, 2.45) is 5.92 Å². The fourth-order valence-corrected chi connectivity index (χ4v) is 4.87. The molecule has 0 bridgehead atoms. The Kier molecular flexibility index (Phi) is 6.20. The van der Waals surface area contributed by atoms with Crippen LogP contribution in [0.3, 0.4) is 0 Å². The summed E-state index contributed by atoms with van der Waals surface area (Å²) in [4.78, 5) is 30.3. The van der Waals surface area contributed by atoms with Gasteiger partial charge in [-0.3, -0.25) is 14.5 Å². The van der Waals surface area contributed by atoms with Crippen LogP contribution in [-0.4, -0.2) is 70.4 Å². The van der Waals surface area contributed by atoms with Crippen LogP contribution in [0.15, 0.2) is 29.1 Å². The molecule has 1 aromatic heterocycles. The molecule has 0 radical (unpaired) electrons. The molecule has 2 saturated heterocycles. The summed E-state index contributed by atoms with van der Waals surface area (Å²) >= 11 is 0. The second-order valence-electron chi connectivity index (χ2n) is 8.73. The van der Waals surface area contributed by atoms with E-state index in [1.54, 1.807) is 6.07 Å². The van der Waals surface area contributed by atoms with Crippen LogP contribution in [-0.2, 0) is 11.3 Å². The van der Waals surface area contributed by atoms with Crippen LogP contribution < -0.4 is 5.56 Å². The van der Waals surface area contributed by atoms with Gasteiger partial charge in [0.2, 0.25) is 0 Å². The molecule has 30 heavy (non-hydrogen) atoms. The lowest BCUT2D eigenvalue weighted by Crippen LogP contribution is -2.48. The van der Waals surface area contributed by atoms with Crippen molar-refractivity contribution < 1.29 is 9.53 Å². The Bertz CT molecular complexity index is 955. The summed E-state index contributed by atoms with van der Waals surface area (Å²) < 4.78 is 7.23. The van der Waals surface area contributed by atoms with Crippen molar-refractivity contribution in [1.29, 1.82) is 0 Å². The van der Waals surface area contributed by atoms with E-state index in [1.807, 2.05) is 30.0 Å². The third-order valence-corrected chi connectivity index (χ3v) is 6.28. The number of fused-ring (bicyclic) bond motifs is 1. The monoisotopic (exact) mass is 412 g/mol. The number of aryl methyl sites for hydroxylation is 1. The average Bonchev–Trinajstić information content (AvgIpc) is 2.74. The summed E-state index contributed by atoms with van der Waals surface area (Å²) in [6, 6.07) is 7.28. The number of rotatable bonds is 4. The van der Waals surface area contributed by atoms with Gasteiger partial charge in [-0.05, 0) is 45.6 Å². The van der Waals surface area contributed by atoms with Gasteiger partial charge < -0.3 is 9.64 Å². The molecule has 7 nitrogen and oxygen atoms in total. The fraction of sp³-hybridized carbons (Fsp3) is 0.609. The maximum atomic E-state index is 13.3. The summed E-state index contributed by atoms with van der Waals surface area (Å²) in [6.07, 6.45) is 2.56. The third-order valence-electron chi connectivity index (χ3n) is 6.28. The van der Waals surface area contributed by atoms with Gasteiger partial charge in [-0.25, -0.2) is 4.68 Å². The van der Waals surface area contributed by atoms with E-state index >= 15 is 0 Å². The van der Waals surface area contributed by atoms with Crippen molar-refractivity contribution in [2.75, 3.05) is 32.7 Å². The minimum Gasteiger partial charge on any atom is -0.373 e. The van der Waals surface area contributed by atoms with E-state index in [0.29, 0.717) is 28.9 Å². The van der Waals surface area contributed by atoms with Crippen LogP contribution in [0.1, 0.15) is 44.1 Å². The molecule has 2 aliphatic rings. The van der Waals surface area contributed by atoms with Crippen LogP contribution in [0.25, 0.3) is 10.8 Å². The summed E-state index contributed by atoms with van der Waals surface area (Å²) in [7, 11) is 0. The van der Waals surface area contributed by atoms with Crippen molar-refractivity contribution in [2.45, 2.75) is 52.4 Å². The van der Waals surface area contributed by atoms with Crippen molar-refractivity contribution in [3.63, 3.8) is 0 Å². The van der Waals surface area contributed by atoms with Gasteiger partial charge in [0.05, 0.1) is 17.6 Å².